The maximum atomic E-state index is 13.3. The first-order valence-electron chi connectivity index (χ1n) is 12.0. The van der Waals surface area contributed by atoms with Gasteiger partial charge in [-0.2, -0.15) is 11.8 Å². The van der Waals surface area contributed by atoms with Crippen LogP contribution in [0.3, 0.4) is 0 Å². The zero-order valence-electron chi connectivity index (χ0n) is 22.0. The third-order valence-corrected chi connectivity index (χ3v) is 7.84. The highest BCUT2D eigenvalue weighted by Crippen LogP contribution is 2.36. The van der Waals surface area contributed by atoms with Crippen LogP contribution in [0.25, 0.3) is 0 Å². The summed E-state index contributed by atoms with van der Waals surface area (Å²) in [5.41, 5.74) is 2.93. The summed E-state index contributed by atoms with van der Waals surface area (Å²) < 4.78 is 27.2. The molecule has 0 radical (unpaired) electrons. The van der Waals surface area contributed by atoms with E-state index >= 15 is 0 Å². The van der Waals surface area contributed by atoms with E-state index < -0.39 is 0 Å². The molecule has 0 fully saturated rings. The molecule has 0 saturated carbocycles. The average Bonchev–Trinajstić information content (AvgIpc) is 2.96. The number of aryl methyl sites for hydroxylation is 1. The Hall–Kier alpha value is -2.25. The standard InChI is InChI=1S/C27H32ClN3O5S3/c1-33-18-36-39-29-13-15-37-14-12-19-4-8-21(9-5-19)30-27(32)23-16-25(34-2)26(35-3)17-24(23)31-38-22-10-6-20(28)7-11-22/h4-11,16-17,29,31H,12-15,18H2,1-3H3,(H,30,32). The summed E-state index contributed by atoms with van der Waals surface area (Å²) in [5, 5.41) is 3.65. The molecule has 3 aromatic carbocycles. The monoisotopic (exact) mass is 609 g/mol. The fourth-order valence-corrected chi connectivity index (χ4v) is 5.45. The van der Waals surface area contributed by atoms with Crippen molar-refractivity contribution in [2.75, 3.05) is 56.2 Å². The Kier molecular flexibility index (Phi) is 14.0. The van der Waals surface area contributed by atoms with Gasteiger partial charge in [-0.25, -0.2) is 4.72 Å². The molecule has 0 aliphatic rings. The summed E-state index contributed by atoms with van der Waals surface area (Å²) in [6, 6.07) is 18.7. The van der Waals surface area contributed by atoms with Crippen LogP contribution >= 0.6 is 47.5 Å². The third kappa shape index (κ3) is 10.7. The number of amides is 1. The molecule has 3 N–H and O–H groups in total. The molecule has 0 aromatic heterocycles. The Morgan fingerprint density at radius 1 is 0.923 bits per heavy atom. The Bertz CT molecular complexity index is 1170. The van der Waals surface area contributed by atoms with E-state index in [0.717, 1.165) is 29.4 Å². The summed E-state index contributed by atoms with van der Waals surface area (Å²) in [6.45, 7) is 1.10. The van der Waals surface area contributed by atoms with Gasteiger partial charge in [0.2, 0.25) is 0 Å². The van der Waals surface area contributed by atoms with Crippen molar-refractivity contribution < 1.29 is 23.2 Å². The van der Waals surface area contributed by atoms with E-state index in [1.807, 2.05) is 60.3 Å². The van der Waals surface area contributed by atoms with Gasteiger partial charge in [0.05, 0.1) is 37.7 Å². The SMILES string of the molecule is COCOSNCCSCCc1ccc(NC(=O)c2cc(OC)c(OC)cc2NSc2ccc(Cl)cc2)cc1. The zero-order chi connectivity index (χ0) is 27.9. The number of halogens is 1. The van der Waals surface area contributed by atoms with Gasteiger partial charge in [0.15, 0.2) is 18.3 Å². The molecule has 0 aliphatic carbocycles. The number of hydrogen-bond donors (Lipinski definition) is 3. The average molecular weight is 610 g/mol. The number of ether oxygens (including phenoxy) is 3. The molecule has 3 aromatic rings. The molecule has 3 rings (SSSR count). The van der Waals surface area contributed by atoms with E-state index in [9.17, 15) is 4.79 Å². The number of carbonyl (C=O) groups is 1. The van der Waals surface area contributed by atoms with Crippen molar-refractivity contribution in [2.45, 2.75) is 11.3 Å². The molecule has 210 valence electrons. The second kappa shape index (κ2) is 17.4. The van der Waals surface area contributed by atoms with Crippen molar-refractivity contribution >= 4 is 64.8 Å². The highest BCUT2D eigenvalue weighted by Gasteiger charge is 2.18. The second-order valence-electron chi connectivity index (χ2n) is 7.93. The summed E-state index contributed by atoms with van der Waals surface area (Å²) in [7, 11) is 4.69. The lowest BCUT2D eigenvalue weighted by molar-refractivity contribution is 0.0662. The van der Waals surface area contributed by atoms with Gasteiger partial charge < -0.3 is 24.2 Å². The van der Waals surface area contributed by atoms with Crippen molar-refractivity contribution in [3.63, 3.8) is 0 Å². The topological polar surface area (TPSA) is 90.1 Å². The molecule has 1 amide bonds. The van der Waals surface area contributed by atoms with Gasteiger partial charge in [0.1, 0.15) is 0 Å². The number of hydrogen-bond acceptors (Lipinski definition) is 10. The van der Waals surface area contributed by atoms with Crippen LogP contribution < -0.4 is 24.2 Å². The fraction of sp³-hybridized carbons (Fsp3) is 0.296. The fourth-order valence-electron chi connectivity index (χ4n) is 3.28. The van der Waals surface area contributed by atoms with Gasteiger partial charge in [0, 0.05) is 41.1 Å². The Morgan fingerprint density at radius 2 is 1.64 bits per heavy atom. The van der Waals surface area contributed by atoms with E-state index in [-0.39, 0.29) is 12.7 Å². The molecule has 0 unspecified atom stereocenters. The minimum absolute atomic E-state index is 0.261. The predicted octanol–water partition coefficient (Wildman–Crippen LogP) is 6.78. The van der Waals surface area contributed by atoms with Crippen LogP contribution in [0.2, 0.25) is 5.02 Å². The van der Waals surface area contributed by atoms with Crippen LogP contribution in [0.5, 0.6) is 11.5 Å². The Morgan fingerprint density at radius 3 is 2.33 bits per heavy atom. The molecule has 8 nitrogen and oxygen atoms in total. The van der Waals surface area contributed by atoms with Crippen LogP contribution in [0.4, 0.5) is 11.4 Å². The highest BCUT2D eigenvalue weighted by molar-refractivity contribution is 8.00. The largest absolute Gasteiger partial charge is 0.493 e. The van der Waals surface area contributed by atoms with Gasteiger partial charge in [-0.3, -0.25) is 8.98 Å². The Balaban J connectivity index is 1.56. The van der Waals surface area contributed by atoms with Crippen LogP contribution in [-0.2, 0) is 15.3 Å². The van der Waals surface area contributed by atoms with E-state index in [4.69, 9.17) is 30.0 Å². The van der Waals surface area contributed by atoms with E-state index in [1.54, 1.807) is 33.5 Å². The van der Waals surface area contributed by atoms with Crippen molar-refractivity contribution in [3.8, 4) is 11.5 Å². The lowest BCUT2D eigenvalue weighted by atomic mass is 10.1. The Labute approximate surface area is 247 Å². The summed E-state index contributed by atoms with van der Waals surface area (Å²) in [6.07, 6.45) is 0.942. The zero-order valence-corrected chi connectivity index (χ0v) is 25.2. The van der Waals surface area contributed by atoms with Gasteiger partial charge in [-0.15, -0.1) is 0 Å². The lowest BCUT2D eigenvalue weighted by Gasteiger charge is -2.16. The van der Waals surface area contributed by atoms with Crippen molar-refractivity contribution in [1.82, 2.24) is 4.72 Å². The molecule has 0 bridgehead atoms. The summed E-state index contributed by atoms with van der Waals surface area (Å²) in [4.78, 5) is 14.2. The van der Waals surface area contributed by atoms with Crippen LogP contribution in [0, 0.1) is 0 Å². The number of methoxy groups -OCH3 is 3. The second-order valence-corrected chi connectivity index (χ2v) is 11.2. The molecule has 0 aliphatic heterocycles. The third-order valence-electron chi connectivity index (χ3n) is 5.24. The minimum atomic E-state index is -0.265. The van der Waals surface area contributed by atoms with Gasteiger partial charge in [-0.05, 0) is 72.1 Å². The maximum Gasteiger partial charge on any atom is 0.257 e. The molecule has 0 atom stereocenters. The molecule has 12 heteroatoms. The smallest absolute Gasteiger partial charge is 0.257 e. The molecule has 0 spiro atoms. The predicted molar refractivity (Wildman–Crippen MR) is 164 cm³/mol. The van der Waals surface area contributed by atoms with E-state index in [1.165, 1.54) is 29.7 Å². The van der Waals surface area contributed by atoms with Crippen molar-refractivity contribution in [1.29, 1.82) is 0 Å². The number of nitrogens with one attached hydrogen (secondary N) is 3. The number of benzene rings is 3. The summed E-state index contributed by atoms with van der Waals surface area (Å²) in [5.74, 6) is 2.70. The quantitative estimate of drug-likeness (QED) is 0.0658. The molecular weight excluding hydrogens is 578 g/mol. The normalized spacial score (nSPS) is 10.8. The number of carbonyl (C=O) groups excluding carboxylic acids is 1. The van der Waals surface area contributed by atoms with Crippen LogP contribution in [-0.4, -0.2) is 52.1 Å². The van der Waals surface area contributed by atoms with Crippen LogP contribution in [0.15, 0.2) is 65.6 Å². The number of thioether (sulfide) groups is 1. The lowest BCUT2D eigenvalue weighted by Crippen LogP contribution is -2.14. The first-order valence-corrected chi connectivity index (χ1v) is 15.1. The molecule has 0 heterocycles. The van der Waals surface area contributed by atoms with Crippen LogP contribution in [0.1, 0.15) is 15.9 Å². The van der Waals surface area contributed by atoms with Crippen molar-refractivity contribution in [2.24, 2.45) is 0 Å². The minimum Gasteiger partial charge on any atom is -0.493 e. The highest BCUT2D eigenvalue weighted by atomic mass is 35.5. The first kappa shape index (κ1) is 31.3. The van der Waals surface area contributed by atoms with Gasteiger partial charge >= 0.3 is 0 Å². The molecule has 39 heavy (non-hydrogen) atoms. The first-order chi connectivity index (χ1) is 19.0. The number of anilines is 2. The molecular formula is C27H32ClN3O5S3. The van der Waals surface area contributed by atoms with Crippen molar-refractivity contribution in [3.05, 3.63) is 76.8 Å². The van der Waals surface area contributed by atoms with E-state index in [0.29, 0.717) is 33.5 Å². The number of rotatable bonds is 17. The van der Waals surface area contributed by atoms with E-state index in [2.05, 4.69) is 14.8 Å². The van der Waals surface area contributed by atoms with Gasteiger partial charge in [-0.1, -0.05) is 23.7 Å². The molecule has 0 saturated heterocycles. The maximum absolute atomic E-state index is 13.3. The summed E-state index contributed by atoms with van der Waals surface area (Å²) >= 11 is 10.4. The van der Waals surface area contributed by atoms with Gasteiger partial charge in [0.25, 0.3) is 5.91 Å².